The van der Waals surface area contributed by atoms with Gasteiger partial charge in [-0.3, -0.25) is 9.88 Å². The molecule has 1 aromatic heterocycles. The van der Waals surface area contributed by atoms with E-state index in [-0.39, 0.29) is 0 Å². The van der Waals surface area contributed by atoms with Gasteiger partial charge in [0.05, 0.1) is 5.69 Å². The van der Waals surface area contributed by atoms with Gasteiger partial charge in [0.15, 0.2) is 0 Å². The van der Waals surface area contributed by atoms with E-state index in [4.69, 9.17) is 5.73 Å². The van der Waals surface area contributed by atoms with Crippen LogP contribution in [-0.2, 0) is 13.1 Å². The molecular weight excluding hydrogens is 212 g/mol. The van der Waals surface area contributed by atoms with Gasteiger partial charge < -0.3 is 10.6 Å². The van der Waals surface area contributed by atoms with E-state index < -0.39 is 0 Å². The summed E-state index contributed by atoms with van der Waals surface area (Å²) in [5.74, 6) is 0. The molecule has 94 valence electrons. The van der Waals surface area contributed by atoms with E-state index in [1.807, 2.05) is 12.3 Å². The van der Waals surface area contributed by atoms with Crippen molar-refractivity contribution in [3.05, 3.63) is 29.6 Å². The fourth-order valence-electron chi connectivity index (χ4n) is 2.43. The van der Waals surface area contributed by atoms with Crippen molar-refractivity contribution in [1.82, 2.24) is 14.8 Å². The minimum Gasteiger partial charge on any atom is -0.325 e. The van der Waals surface area contributed by atoms with Crippen LogP contribution in [0.25, 0.3) is 0 Å². The van der Waals surface area contributed by atoms with Gasteiger partial charge in [-0.1, -0.05) is 6.07 Å². The predicted octanol–water partition coefficient (Wildman–Crippen LogP) is 0.676. The maximum atomic E-state index is 5.72. The maximum Gasteiger partial charge on any atom is 0.0584 e. The van der Waals surface area contributed by atoms with Gasteiger partial charge in [-0.25, -0.2) is 0 Å². The molecule has 4 nitrogen and oxygen atoms in total. The zero-order valence-electron chi connectivity index (χ0n) is 10.8. The van der Waals surface area contributed by atoms with Crippen LogP contribution in [-0.4, -0.2) is 47.5 Å². The van der Waals surface area contributed by atoms with Crippen LogP contribution in [0.1, 0.15) is 18.2 Å². The summed E-state index contributed by atoms with van der Waals surface area (Å²) in [6.45, 7) is 7.18. The maximum absolute atomic E-state index is 5.72. The van der Waals surface area contributed by atoms with Crippen molar-refractivity contribution in [3.8, 4) is 0 Å². The highest BCUT2D eigenvalue weighted by molar-refractivity contribution is 5.19. The zero-order chi connectivity index (χ0) is 12.3. The monoisotopic (exact) mass is 234 g/mol. The molecule has 0 amide bonds. The molecule has 0 aliphatic carbocycles. The first-order valence-electron chi connectivity index (χ1n) is 6.26. The molecule has 0 radical (unpaired) electrons. The lowest BCUT2D eigenvalue weighted by Crippen LogP contribution is -2.49. The third kappa shape index (κ3) is 3.03. The molecule has 1 aliphatic heterocycles. The summed E-state index contributed by atoms with van der Waals surface area (Å²) >= 11 is 0. The highest BCUT2D eigenvalue weighted by atomic mass is 15.3. The topological polar surface area (TPSA) is 45.4 Å². The molecule has 1 saturated heterocycles. The average Bonchev–Trinajstić information content (AvgIpc) is 2.33. The number of nitrogens with two attached hydrogens (primary N) is 1. The second-order valence-electron chi connectivity index (χ2n) is 4.90. The van der Waals surface area contributed by atoms with Crippen LogP contribution in [0.3, 0.4) is 0 Å². The Bertz CT molecular complexity index is 366. The van der Waals surface area contributed by atoms with Gasteiger partial charge in [-0.15, -0.1) is 0 Å². The first kappa shape index (κ1) is 12.5. The Labute approximate surface area is 103 Å². The Hall–Kier alpha value is -0.970. The van der Waals surface area contributed by atoms with E-state index in [1.165, 1.54) is 5.56 Å². The SMILES string of the molecule is CC1CN(C)CCN1Cc1cccnc1CN. The molecule has 1 aromatic rings. The molecule has 17 heavy (non-hydrogen) atoms. The van der Waals surface area contributed by atoms with E-state index in [9.17, 15) is 0 Å². The van der Waals surface area contributed by atoms with E-state index in [2.05, 4.69) is 34.8 Å². The third-order valence-corrected chi connectivity index (χ3v) is 3.52. The van der Waals surface area contributed by atoms with Gasteiger partial charge in [0.1, 0.15) is 0 Å². The van der Waals surface area contributed by atoms with Crippen LogP contribution in [0.15, 0.2) is 18.3 Å². The van der Waals surface area contributed by atoms with Crippen LogP contribution in [0, 0.1) is 0 Å². The summed E-state index contributed by atoms with van der Waals surface area (Å²) in [4.78, 5) is 9.23. The van der Waals surface area contributed by atoms with Crippen molar-refractivity contribution in [1.29, 1.82) is 0 Å². The van der Waals surface area contributed by atoms with Crippen molar-refractivity contribution in [2.75, 3.05) is 26.7 Å². The Morgan fingerprint density at radius 2 is 2.29 bits per heavy atom. The van der Waals surface area contributed by atoms with Gasteiger partial charge in [-0.2, -0.15) is 0 Å². The van der Waals surface area contributed by atoms with Gasteiger partial charge in [0, 0.05) is 45.0 Å². The van der Waals surface area contributed by atoms with Crippen molar-refractivity contribution < 1.29 is 0 Å². The standard InChI is InChI=1S/C13H22N4/c1-11-9-16(2)6-7-17(11)10-12-4-3-5-15-13(12)8-14/h3-5,11H,6-10,14H2,1-2H3. The first-order chi connectivity index (χ1) is 8.20. The molecule has 1 atom stereocenters. The number of piperazine rings is 1. The second-order valence-corrected chi connectivity index (χ2v) is 4.90. The van der Waals surface area contributed by atoms with Crippen LogP contribution in [0.5, 0.6) is 0 Å². The molecule has 0 spiro atoms. The van der Waals surface area contributed by atoms with Gasteiger partial charge in [0.25, 0.3) is 0 Å². The molecule has 0 aromatic carbocycles. The van der Waals surface area contributed by atoms with E-state index in [0.717, 1.165) is 31.9 Å². The summed E-state index contributed by atoms with van der Waals surface area (Å²) in [6.07, 6.45) is 1.82. The number of likely N-dealkylation sites (N-methyl/N-ethyl adjacent to an activating group) is 1. The quantitative estimate of drug-likeness (QED) is 0.835. The van der Waals surface area contributed by atoms with Crippen molar-refractivity contribution in [2.45, 2.75) is 26.1 Å². The van der Waals surface area contributed by atoms with Crippen LogP contribution in [0.4, 0.5) is 0 Å². The van der Waals surface area contributed by atoms with Gasteiger partial charge >= 0.3 is 0 Å². The lowest BCUT2D eigenvalue weighted by Gasteiger charge is -2.38. The summed E-state index contributed by atoms with van der Waals surface area (Å²) in [5, 5.41) is 0. The largest absolute Gasteiger partial charge is 0.325 e. The Morgan fingerprint density at radius 3 is 3.00 bits per heavy atom. The highest BCUT2D eigenvalue weighted by Crippen LogP contribution is 2.14. The van der Waals surface area contributed by atoms with E-state index in [1.54, 1.807) is 0 Å². The van der Waals surface area contributed by atoms with Gasteiger partial charge in [0.2, 0.25) is 0 Å². The summed E-state index contributed by atoms with van der Waals surface area (Å²) < 4.78 is 0. The number of hydrogen-bond donors (Lipinski definition) is 1. The fraction of sp³-hybridized carbons (Fsp3) is 0.615. The number of rotatable bonds is 3. The number of nitrogens with zero attached hydrogens (tertiary/aromatic N) is 3. The molecule has 2 rings (SSSR count). The average molecular weight is 234 g/mol. The summed E-state index contributed by atoms with van der Waals surface area (Å²) in [7, 11) is 2.18. The van der Waals surface area contributed by atoms with Crippen molar-refractivity contribution >= 4 is 0 Å². The highest BCUT2D eigenvalue weighted by Gasteiger charge is 2.21. The second kappa shape index (κ2) is 5.58. The van der Waals surface area contributed by atoms with Crippen molar-refractivity contribution in [2.24, 2.45) is 5.73 Å². The molecule has 1 fully saturated rings. The zero-order valence-corrected chi connectivity index (χ0v) is 10.8. The number of pyridine rings is 1. The Morgan fingerprint density at radius 1 is 1.47 bits per heavy atom. The number of hydrogen-bond acceptors (Lipinski definition) is 4. The van der Waals surface area contributed by atoms with E-state index in [0.29, 0.717) is 12.6 Å². The normalized spacial score (nSPS) is 22.9. The minimum atomic E-state index is 0.526. The molecule has 1 aliphatic rings. The third-order valence-electron chi connectivity index (χ3n) is 3.52. The minimum absolute atomic E-state index is 0.526. The van der Waals surface area contributed by atoms with Crippen molar-refractivity contribution in [3.63, 3.8) is 0 Å². The fourth-order valence-corrected chi connectivity index (χ4v) is 2.43. The molecule has 2 heterocycles. The van der Waals surface area contributed by atoms with E-state index >= 15 is 0 Å². The molecule has 4 heteroatoms. The Balaban J connectivity index is 2.05. The molecule has 0 bridgehead atoms. The van der Waals surface area contributed by atoms with Crippen LogP contribution < -0.4 is 5.73 Å². The van der Waals surface area contributed by atoms with Crippen LogP contribution in [0.2, 0.25) is 0 Å². The molecule has 0 saturated carbocycles. The molecule has 2 N–H and O–H groups in total. The lowest BCUT2D eigenvalue weighted by atomic mass is 10.1. The molecular formula is C13H22N4. The summed E-state index contributed by atoms with van der Waals surface area (Å²) in [5.41, 5.74) is 8.02. The van der Waals surface area contributed by atoms with Crippen LogP contribution >= 0.6 is 0 Å². The number of aromatic nitrogens is 1. The Kier molecular flexibility index (Phi) is 4.10. The first-order valence-corrected chi connectivity index (χ1v) is 6.26. The summed E-state index contributed by atoms with van der Waals surface area (Å²) in [6, 6.07) is 4.73. The lowest BCUT2D eigenvalue weighted by molar-refractivity contribution is 0.0935. The smallest absolute Gasteiger partial charge is 0.0584 e. The molecule has 1 unspecified atom stereocenters. The van der Waals surface area contributed by atoms with Gasteiger partial charge in [-0.05, 0) is 25.6 Å². The predicted molar refractivity (Wildman–Crippen MR) is 69.5 cm³/mol.